The van der Waals surface area contributed by atoms with Crippen LogP contribution in [0.5, 0.6) is 0 Å². The second-order valence-electron chi connectivity index (χ2n) is 4.00. The second kappa shape index (κ2) is 6.27. The van der Waals surface area contributed by atoms with Crippen molar-refractivity contribution in [3.05, 3.63) is 33.8 Å². The van der Waals surface area contributed by atoms with Crippen molar-refractivity contribution in [2.75, 3.05) is 0 Å². The normalized spacial score (nSPS) is 12.5. The van der Waals surface area contributed by atoms with Crippen LogP contribution in [0.3, 0.4) is 0 Å². The SMILES string of the molecule is CCCCC(C)C(=O)c1c(Cl)cccc1Cl. The third-order valence-corrected chi connectivity index (χ3v) is 3.28. The van der Waals surface area contributed by atoms with Crippen LogP contribution in [0.4, 0.5) is 0 Å². The molecule has 0 aliphatic carbocycles. The van der Waals surface area contributed by atoms with Gasteiger partial charge in [-0.3, -0.25) is 4.79 Å². The molecule has 1 atom stereocenters. The summed E-state index contributed by atoms with van der Waals surface area (Å²) in [6, 6.07) is 5.15. The third kappa shape index (κ3) is 3.23. The number of halogens is 2. The fourth-order valence-electron chi connectivity index (χ4n) is 1.62. The molecule has 0 aliphatic rings. The lowest BCUT2D eigenvalue weighted by Gasteiger charge is -2.12. The number of rotatable bonds is 5. The maximum atomic E-state index is 12.1. The van der Waals surface area contributed by atoms with Crippen LogP contribution in [0.1, 0.15) is 43.5 Å². The number of hydrogen-bond donors (Lipinski definition) is 0. The third-order valence-electron chi connectivity index (χ3n) is 2.65. The Hall–Kier alpha value is -0.530. The lowest BCUT2D eigenvalue weighted by molar-refractivity contribution is 0.0923. The summed E-state index contributed by atoms with van der Waals surface area (Å²) in [5.41, 5.74) is 0.467. The van der Waals surface area contributed by atoms with Gasteiger partial charge in [-0.05, 0) is 18.6 Å². The molecule has 3 heteroatoms. The average Bonchev–Trinajstić information content (AvgIpc) is 2.25. The van der Waals surface area contributed by atoms with Crippen LogP contribution in [0.2, 0.25) is 10.0 Å². The molecule has 0 heterocycles. The predicted molar refractivity (Wildman–Crippen MR) is 69.5 cm³/mol. The minimum Gasteiger partial charge on any atom is -0.294 e. The Kier molecular flexibility index (Phi) is 5.30. The van der Waals surface area contributed by atoms with Crippen molar-refractivity contribution in [1.82, 2.24) is 0 Å². The first-order chi connectivity index (χ1) is 7.57. The van der Waals surface area contributed by atoms with Gasteiger partial charge in [0.05, 0.1) is 15.6 Å². The fraction of sp³-hybridized carbons (Fsp3) is 0.462. The number of unbranched alkanes of at least 4 members (excludes halogenated alkanes) is 1. The van der Waals surface area contributed by atoms with Gasteiger partial charge in [0, 0.05) is 5.92 Å². The number of hydrogen-bond acceptors (Lipinski definition) is 1. The maximum Gasteiger partial charge on any atom is 0.168 e. The zero-order chi connectivity index (χ0) is 12.1. The van der Waals surface area contributed by atoms with Gasteiger partial charge < -0.3 is 0 Å². The highest BCUT2D eigenvalue weighted by molar-refractivity contribution is 6.39. The number of ketones is 1. The highest BCUT2D eigenvalue weighted by Gasteiger charge is 2.19. The Morgan fingerprint density at radius 3 is 2.38 bits per heavy atom. The van der Waals surface area contributed by atoms with Gasteiger partial charge in [-0.2, -0.15) is 0 Å². The molecule has 1 nitrogen and oxygen atoms in total. The van der Waals surface area contributed by atoms with Crippen LogP contribution in [0, 0.1) is 5.92 Å². The molecule has 0 saturated heterocycles. The zero-order valence-electron chi connectivity index (χ0n) is 9.59. The van der Waals surface area contributed by atoms with E-state index in [0.29, 0.717) is 15.6 Å². The first-order valence-electron chi connectivity index (χ1n) is 5.56. The maximum absolute atomic E-state index is 12.1. The van der Waals surface area contributed by atoms with Crippen LogP contribution < -0.4 is 0 Å². The molecular formula is C13H16Cl2O. The molecule has 1 unspecified atom stereocenters. The van der Waals surface area contributed by atoms with Crippen molar-refractivity contribution in [2.45, 2.75) is 33.1 Å². The monoisotopic (exact) mass is 258 g/mol. The van der Waals surface area contributed by atoms with Gasteiger partial charge in [-0.25, -0.2) is 0 Å². The molecule has 0 fully saturated rings. The van der Waals surface area contributed by atoms with Crippen molar-refractivity contribution >= 4 is 29.0 Å². The number of benzene rings is 1. The van der Waals surface area contributed by atoms with Gasteiger partial charge in [0.15, 0.2) is 5.78 Å². The van der Waals surface area contributed by atoms with Crippen LogP contribution >= 0.6 is 23.2 Å². The first-order valence-corrected chi connectivity index (χ1v) is 6.31. The Labute approximate surface area is 107 Å². The van der Waals surface area contributed by atoms with Crippen LogP contribution in [-0.2, 0) is 0 Å². The minimum absolute atomic E-state index is 0.0163. The topological polar surface area (TPSA) is 17.1 Å². The van der Waals surface area contributed by atoms with E-state index in [1.807, 2.05) is 6.92 Å². The zero-order valence-corrected chi connectivity index (χ0v) is 11.1. The fourth-order valence-corrected chi connectivity index (χ4v) is 2.20. The Bertz CT molecular complexity index is 354. The molecule has 0 amide bonds. The van der Waals surface area contributed by atoms with Crippen LogP contribution in [-0.4, -0.2) is 5.78 Å². The highest BCUT2D eigenvalue weighted by Crippen LogP contribution is 2.28. The standard InChI is InChI=1S/C13H16Cl2O/c1-3-4-6-9(2)13(16)12-10(14)7-5-8-11(12)15/h5,7-9H,3-4,6H2,1-2H3. The van der Waals surface area contributed by atoms with Gasteiger partial charge in [-0.1, -0.05) is 56.0 Å². The number of carbonyl (C=O) groups excluding carboxylic acids is 1. The second-order valence-corrected chi connectivity index (χ2v) is 4.82. The molecule has 88 valence electrons. The van der Waals surface area contributed by atoms with Crippen molar-refractivity contribution in [1.29, 1.82) is 0 Å². The molecular weight excluding hydrogens is 243 g/mol. The Morgan fingerprint density at radius 1 is 1.31 bits per heavy atom. The quantitative estimate of drug-likeness (QED) is 0.680. The lowest BCUT2D eigenvalue weighted by Crippen LogP contribution is -2.12. The van der Waals surface area contributed by atoms with E-state index in [1.165, 1.54) is 0 Å². The summed E-state index contributed by atoms with van der Waals surface area (Å²) < 4.78 is 0. The molecule has 16 heavy (non-hydrogen) atoms. The van der Waals surface area contributed by atoms with Gasteiger partial charge >= 0.3 is 0 Å². The van der Waals surface area contributed by atoms with Crippen molar-refractivity contribution in [2.24, 2.45) is 5.92 Å². The van der Waals surface area contributed by atoms with E-state index in [0.717, 1.165) is 19.3 Å². The smallest absolute Gasteiger partial charge is 0.168 e. The van der Waals surface area contributed by atoms with Gasteiger partial charge in [-0.15, -0.1) is 0 Å². The Balaban J connectivity index is 2.87. The van der Waals surface area contributed by atoms with E-state index in [4.69, 9.17) is 23.2 Å². The minimum atomic E-state index is -0.0163. The molecule has 0 aliphatic heterocycles. The molecule has 0 aromatic heterocycles. The summed E-state index contributed by atoms with van der Waals surface area (Å²) in [5.74, 6) is 0.0291. The van der Waals surface area contributed by atoms with E-state index < -0.39 is 0 Å². The lowest BCUT2D eigenvalue weighted by atomic mass is 9.94. The number of Topliss-reactive ketones (excluding diaryl/α,β-unsaturated/α-hetero) is 1. The summed E-state index contributed by atoms with van der Waals surface area (Å²) in [6.07, 6.45) is 3.03. The molecule has 0 saturated carbocycles. The van der Waals surface area contributed by atoms with Crippen molar-refractivity contribution < 1.29 is 4.79 Å². The van der Waals surface area contributed by atoms with Gasteiger partial charge in [0.1, 0.15) is 0 Å². The molecule has 0 bridgehead atoms. The van der Waals surface area contributed by atoms with E-state index in [-0.39, 0.29) is 11.7 Å². The molecule has 0 N–H and O–H groups in total. The van der Waals surface area contributed by atoms with E-state index in [2.05, 4.69) is 6.92 Å². The van der Waals surface area contributed by atoms with E-state index >= 15 is 0 Å². The summed E-state index contributed by atoms with van der Waals surface area (Å²) in [7, 11) is 0. The van der Waals surface area contributed by atoms with E-state index in [1.54, 1.807) is 18.2 Å². The largest absolute Gasteiger partial charge is 0.294 e. The molecule has 0 spiro atoms. The predicted octanol–water partition coefficient (Wildman–Crippen LogP) is 5.00. The summed E-state index contributed by atoms with van der Waals surface area (Å²) in [5, 5.41) is 0.890. The van der Waals surface area contributed by atoms with Crippen LogP contribution in [0.15, 0.2) is 18.2 Å². The molecule has 1 aromatic carbocycles. The summed E-state index contributed by atoms with van der Waals surface area (Å²) >= 11 is 12.0. The molecule has 1 rings (SSSR count). The van der Waals surface area contributed by atoms with Gasteiger partial charge in [0.25, 0.3) is 0 Å². The Morgan fingerprint density at radius 2 is 1.88 bits per heavy atom. The highest BCUT2D eigenvalue weighted by atomic mass is 35.5. The van der Waals surface area contributed by atoms with Crippen LogP contribution in [0.25, 0.3) is 0 Å². The molecule has 0 radical (unpaired) electrons. The van der Waals surface area contributed by atoms with Crippen molar-refractivity contribution in [3.63, 3.8) is 0 Å². The van der Waals surface area contributed by atoms with Gasteiger partial charge in [0.2, 0.25) is 0 Å². The van der Waals surface area contributed by atoms with Crippen molar-refractivity contribution in [3.8, 4) is 0 Å². The summed E-state index contributed by atoms with van der Waals surface area (Å²) in [4.78, 5) is 12.1. The van der Waals surface area contributed by atoms with E-state index in [9.17, 15) is 4.79 Å². The first kappa shape index (κ1) is 13.5. The number of carbonyl (C=O) groups is 1. The summed E-state index contributed by atoms with van der Waals surface area (Å²) in [6.45, 7) is 4.04. The average molecular weight is 259 g/mol. The molecule has 1 aromatic rings.